The van der Waals surface area contributed by atoms with Crippen molar-refractivity contribution < 1.29 is 14.3 Å². The van der Waals surface area contributed by atoms with Gasteiger partial charge in [-0.05, 0) is 36.4 Å². The van der Waals surface area contributed by atoms with Crippen LogP contribution < -0.4 is 15.4 Å². The van der Waals surface area contributed by atoms with Crippen LogP contribution in [0.1, 0.15) is 50.9 Å². The highest BCUT2D eigenvalue weighted by Gasteiger charge is 2.29. The summed E-state index contributed by atoms with van der Waals surface area (Å²) in [5.41, 5.74) is 0.389. The number of carbonyl (C=O) groups excluding carboxylic acids is 2. The predicted molar refractivity (Wildman–Crippen MR) is 118 cm³/mol. The number of nitrogens with zero attached hydrogens (tertiary/aromatic N) is 1. The molecule has 0 spiro atoms. The Kier molecular flexibility index (Phi) is 6.76. The molecule has 2 N–H and O–H groups in total. The molecule has 0 saturated heterocycles. The number of nitrogens with one attached hydrogen (secondary N) is 2. The molecule has 0 aliphatic heterocycles. The summed E-state index contributed by atoms with van der Waals surface area (Å²) in [5, 5.41) is 10.5. The molecule has 0 radical (unpaired) electrons. The average Bonchev–Trinajstić information content (AvgIpc) is 3.47. The number of rotatable bonds is 7. The fraction of sp³-hybridized carbons (Fsp3) is 0.318. The van der Waals surface area contributed by atoms with Crippen LogP contribution in [0.3, 0.4) is 0 Å². The zero-order valence-electron chi connectivity index (χ0n) is 16.4. The highest BCUT2D eigenvalue weighted by atomic mass is 32.1. The largest absolute Gasteiger partial charge is 0.486 e. The van der Waals surface area contributed by atoms with Gasteiger partial charge in [0.2, 0.25) is 0 Å². The van der Waals surface area contributed by atoms with E-state index in [1.165, 1.54) is 22.7 Å². The van der Waals surface area contributed by atoms with Gasteiger partial charge in [0.05, 0.1) is 4.88 Å². The van der Waals surface area contributed by atoms with E-state index in [9.17, 15) is 9.59 Å². The smallest absolute Gasteiger partial charge is 0.271 e. The summed E-state index contributed by atoms with van der Waals surface area (Å²) in [5.74, 6) is 0.481. The zero-order valence-corrected chi connectivity index (χ0v) is 18.0. The maximum Gasteiger partial charge on any atom is 0.271 e. The standard InChI is InChI=1S/C22H23N3O3S2/c26-21(18-14-30-20(23-18)13-28-15-7-2-1-3-8-15)24-16-9-4-5-10-17(16)25-22(27)19-11-6-12-29-19/h1-3,6-8,11-12,14,16-17H,4-5,9-10,13H2,(H,24,26)(H,25,27)/t16-,17+/m1/s1. The Bertz CT molecular complexity index is 973. The minimum atomic E-state index is -0.209. The van der Waals surface area contributed by atoms with Crippen molar-refractivity contribution >= 4 is 34.5 Å². The second kappa shape index (κ2) is 9.86. The Morgan fingerprint density at radius 3 is 2.40 bits per heavy atom. The molecule has 3 aromatic rings. The van der Waals surface area contributed by atoms with Gasteiger partial charge >= 0.3 is 0 Å². The number of aromatic nitrogens is 1. The molecular weight excluding hydrogens is 418 g/mol. The van der Waals surface area contributed by atoms with E-state index in [2.05, 4.69) is 15.6 Å². The van der Waals surface area contributed by atoms with Gasteiger partial charge in [-0.2, -0.15) is 0 Å². The summed E-state index contributed by atoms with van der Waals surface area (Å²) in [7, 11) is 0. The van der Waals surface area contributed by atoms with E-state index in [0.29, 0.717) is 17.2 Å². The van der Waals surface area contributed by atoms with Gasteiger partial charge in [-0.1, -0.05) is 37.1 Å². The molecule has 2 aromatic heterocycles. The van der Waals surface area contributed by atoms with Crippen molar-refractivity contribution in [3.63, 3.8) is 0 Å². The van der Waals surface area contributed by atoms with E-state index in [-0.39, 0.29) is 23.9 Å². The van der Waals surface area contributed by atoms with Crippen LogP contribution in [0.5, 0.6) is 5.75 Å². The molecular formula is C22H23N3O3S2. The molecule has 156 valence electrons. The van der Waals surface area contributed by atoms with Crippen molar-refractivity contribution in [2.45, 2.75) is 44.4 Å². The van der Waals surface area contributed by atoms with Crippen LogP contribution in [0.15, 0.2) is 53.2 Å². The van der Waals surface area contributed by atoms with Crippen LogP contribution in [-0.2, 0) is 6.61 Å². The summed E-state index contributed by atoms with van der Waals surface area (Å²) in [6.45, 7) is 0.324. The predicted octanol–water partition coefficient (Wildman–Crippen LogP) is 4.25. The van der Waals surface area contributed by atoms with Crippen molar-refractivity contribution in [1.29, 1.82) is 0 Å². The SMILES string of the molecule is O=C(N[C@@H]1CCCC[C@@H]1NC(=O)c1cccs1)c1csc(COc2ccccc2)n1. The normalized spacial score (nSPS) is 18.5. The molecule has 4 rings (SSSR count). The first kappa shape index (κ1) is 20.6. The lowest BCUT2D eigenvalue weighted by Crippen LogP contribution is -2.53. The summed E-state index contributed by atoms with van der Waals surface area (Å²) in [4.78, 5) is 30.3. The first-order valence-corrected chi connectivity index (χ1v) is 11.7. The minimum absolute atomic E-state index is 0.0724. The Hall–Kier alpha value is -2.71. The van der Waals surface area contributed by atoms with Crippen molar-refractivity contribution in [1.82, 2.24) is 15.6 Å². The number of para-hydroxylation sites is 1. The molecule has 2 heterocycles. The number of thiophene rings is 1. The molecule has 2 atom stereocenters. The van der Waals surface area contributed by atoms with Crippen LogP contribution in [0.2, 0.25) is 0 Å². The minimum Gasteiger partial charge on any atom is -0.486 e. The molecule has 0 bridgehead atoms. The molecule has 2 amide bonds. The first-order valence-electron chi connectivity index (χ1n) is 9.96. The van der Waals surface area contributed by atoms with Gasteiger partial charge in [0.15, 0.2) is 0 Å². The van der Waals surface area contributed by atoms with Gasteiger partial charge in [-0.3, -0.25) is 9.59 Å². The third-order valence-corrected chi connectivity index (χ3v) is 6.72. The van der Waals surface area contributed by atoms with Gasteiger partial charge in [-0.15, -0.1) is 22.7 Å². The number of hydrogen-bond acceptors (Lipinski definition) is 6. The lowest BCUT2D eigenvalue weighted by molar-refractivity contribution is 0.0862. The van der Waals surface area contributed by atoms with E-state index in [1.807, 2.05) is 47.8 Å². The van der Waals surface area contributed by atoms with E-state index in [1.54, 1.807) is 5.38 Å². The molecule has 1 aliphatic rings. The summed E-state index contributed by atoms with van der Waals surface area (Å²) >= 11 is 2.82. The molecule has 1 saturated carbocycles. The van der Waals surface area contributed by atoms with Crippen LogP contribution in [0.25, 0.3) is 0 Å². The average molecular weight is 442 g/mol. The number of hydrogen-bond donors (Lipinski definition) is 2. The summed E-state index contributed by atoms with van der Waals surface area (Å²) in [6, 6.07) is 13.0. The number of thiazole rings is 1. The molecule has 1 aromatic carbocycles. The molecule has 0 unspecified atom stereocenters. The number of amides is 2. The maximum absolute atomic E-state index is 12.7. The van der Waals surface area contributed by atoms with Crippen molar-refractivity contribution in [3.8, 4) is 5.75 Å². The second-order valence-corrected chi connectivity index (χ2v) is 9.04. The van der Waals surface area contributed by atoms with Crippen molar-refractivity contribution in [2.75, 3.05) is 0 Å². The lowest BCUT2D eigenvalue weighted by Gasteiger charge is -2.32. The highest BCUT2D eigenvalue weighted by molar-refractivity contribution is 7.12. The van der Waals surface area contributed by atoms with E-state index in [0.717, 1.165) is 36.4 Å². The van der Waals surface area contributed by atoms with E-state index in [4.69, 9.17) is 4.74 Å². The Morgan fingerprint density at radius 2 is 1.70 bits per heavy atom. The van der Waals surface area contributed by atoms with Crippen molar-refractivity contribution in [3.05, 3.63) is 68.8 Å². The zero-order chi connectivity index (χ0) is 20.8. The lowest BCUT2D eigenvalue weighted by atomic mass is 9.90. The topological polar surface area (TPSA) is 80.3 Å². The number of carbonyl (C=O) groups is 2. The van der Waals surface area contributed by atoms with E-state index >= 15 is 0 Å². The molecule has 1 aliphatic carbocycles. The molecule has 30 heavy (non-hydrogen) atoms. The van der Waals surface area contributed by atoms with Crippen LogP contribution >= 0.6 is 22.7 Å². The third-order valence-electron chi connectivity index (χ3n) is 5.03. The van der Waals surface area contributed by atoms with Crippen molar-refractivity contribution in [2.24, 2.45) is 0 Å². The van der Waals surface area contributed by atoms with E-state index < -0.39 is 0 Å². The molecule has 8 heteroatoms. The first-order chi connectivity index (χ1) is 14.7. The number of benzene rings is 1. The second-order valence-electron chi connectivity index (χ2n) is 7.15. The summed E-state index contributed by atoms with van der Waals surface area (Å²) in [6.07, 6.45) is 3.77. The fourth-order valence-electron chi connectivity index (χ4n) is 3.51. The monoisotopic (exact) mass is 441 g/mol. The van der Waals surface area contributed by atoms with Crippen LogP contribution in [0.4, 0.5) is 0 Å². The Labute approximate surface area is 183 Å². The van der Waals surface area contributed by atoms with Crippen LogP contribution in [-0.4, -0.2) is 28.9 Å². The quantitative estimate of drug-likeness (QED) is 0.574. The number of ether oxygens (including phenoxy) is 1. The maximum atomic E-state index is 12.7. The van der Waals surface area contributed by atoms with Gasteiger partial charge < -0.3 is 15.4 Å². The van der Waals surface area contributed by atoms with Gasteiger partial charge in [-0.25, -0.2) is 4.98 Å². The molecule has 6 nitrogen and oxygen atoms in total. The van der Waals surface area contributed by atoms with Gasteiger partial charge in [0.1, 0.15) is 23.1 Å². The Balaban J connectivity index is 1.33. The van der Waals surface area contributed by atoms with Gasteiger partial charge in [0.25, 0.3) is 11.8 Å². The third kappa shape index (κ3) is 5.25. The van der Waals surface area contributed by atoms with Gasteiger partial charge in [0, 0.05) is 17.5 Å². The summed E-state index contributed by atoms with van der Waals surface area (Å²) < 4.78 is 5.70. The Morgan fingerprint density at radius 1 is 0.967 bits per heavy atom. The highest BCUT2D eigenvalue weighted by Crippen LogP contribution is 2.21. The van der Waals surface area contributed by atoms with Crippen LogP contribution in [0, 0.1) is 0 Å². The fourth-order valence-corrected chi connectivity index (χ4v) is 4.82. The molecule has 1 fully saturated rings.